The molecule has 1 aliphatic carbocycles. The molecule has 1 heterocycles. The van der Waals surface area contributed by atoms with E-state index in [4.69, 9.17) is 14.2 Å². The van der Waals surface area contributed by atoms with Crippen LogP contribution in [0.2, 0.25) is 0 Å². The highest BCUT2D eigenvalue weighted by Crippen LogP contribution is 2.45. The number of nitrogens with one attached hydrogen (secondary N) is 1. The minimum Gasteiger partial charge on any atom is -0.456 e. The van der Waals surface area contributed by atoms with Gasteiger partial charge in [-0.1, -0.05) is 18.2 Å². The van der Waals surface area contributed by atoms with Crippen LogP contribution in [-0.4, -0.2) is 53.0 Å². The van der Waals surface area contributed by atoms with Crippen molar-refractivity contribution in [2.75, 3.05) is 0 Å². The van der Waals surface area contributed by atoms with Gasteiger partial charge in [0.1, 0.15) is 0 Å². The van der Waals surface area contributed by atoms with Gasteiger partial charge in [-0.15, -0.1) is 0 Å². The molecule has 2 N–H and O–H groups in total. The number of carbonyl (C=O) groups excluding carboxylic acids is 4. The molecule has 0 saturated heterocycles. The molecule has 1 aromatic rings. The number of hydrogen-bond acceptors (Lipinski definition) is 8. The summed E-state index contributed by atoms with van der Waals surface area (Å²) in [7, 11) is 0. The molecule has 4 atom stereocenters. The number of esters is 3. The first-order chi connectivity index (χ1) is 13.6. The molecule has 0 fully saturated rings. The predicted octanol–water partition coefficient (Wildman–Crippen LogP) is 0.701. The molecule has 3 rings (SSSR count). The highest BCUT2D eigenvalue weighted by Gasteiger charge is 2.59. The van der Waals surface area contributed by atoms with Crippen LogP contribution in [0.5, 0.6) is 0 Å². The van der Waals surface area contributed by atoms with Crippen molar-refractivity contribution < 1.29 is 38.5 Å². The number of hydrogen-bond donors (Lipinski definition) is 2. The van der Waals surface area contributed by atoms with Gasteiger partial charge in [-0.05, 0) is 24.1 Å². The summed E-state index contributed by atoms with van der Waals surface area (Å²) in [6.45, 7) is 4.83. The topological polar surface area (TPSA) is 128 Å². The highest BCUT2D eigenvalue weighted by atomic mass is 16.7. The van der Waals surface area contributed by atoms with Gasteiger partial charge in [0.15, 0.2) is 6.10 Å². The Kier molecular flexibility index (Phi) is 5.18. The minimum absolute atomic E-state index is 0.153. The lowest BCUT2D eigenvalue weighted by atomic mass is 9.74. The summed E-state index contributed by atoms with van der Waals surface area (Å²) in [5.41, 5.74) is 1.40. The lowest BCUT2D eigenvalue weighted by Crippen LogP contribution is -2.66. The van der Waals surface area contributed by atoms with Crippen molar-refractivity contribution in [2.45, 2.75) is 51.7 Å². The van der Waals surface area contributed by atoms with Crippen LogP contribution >= 0.6 is 0 Å². The number of fused-ring (bicyclic) bond motifs is 3. The predicted molar refractivity (Wildman–Crippen MR) is 98.1 cm³/mol. The first kappa shape index (κ1) is 20.5. The Bertz CT molecular complexity index is 936. The third-order valence-electron chi connectivity index (χ3n) is 4.91. The molecule has 0 bridgehead atoms. The monoisotopic (exact) mass is 403 g/mol. The zero-order valence-electron chi connectivity index (χ0n) is 16.3. The molecular weight excluding hydrogens is 382 g/mol. The summed E-state index contributed by atoms with van der Waals surface area (Å²) < 4.78 is 15.8. The standard InChI is InChI=1S/C20H21NO8/c1-9-15-13-7-5-6-8-14(13)19(25)21-16(15)17(27-10(2)22)18(28-11(3)23)20(9,26)29-12(4)24/h5-8,16-18,26H,1-4H3,(H,21,25). The van der Waals surface area contributed by atoms with Crippen LogP contribution in [0.1, 0.15) is 43.6 Å². The maximum atomic E-state index is 12.6. The summed E-state index contributed by atoms with van der Waals surface area (Å²) in [6, 6.07) is 5.73. The molecular formula is C20H21NO8. The summed E-state index contributed by atoms with van der Waals surface area (Å²) in [6.07, 6.45) is -2.93. The van der Waals surface area contributed by atoms with Crippen molar-refractivity contribution in [3.05, 3.63) is 41.0 Å². The van der Waals surface area contributed by atoms with Gasteiger partial charge in [-0.3, -0.25) is 19.2 Å². The van der Waals surface area contributed by atoms with Crippen LogP contribution in [0.15, 0.2) is 29.8 Å². The molecule has 2 aliphatic rings. The second-order valence-electron chi connectivity index (χ2n) is 6.93. The number of benzene rings is 1. The first-order valence-electron chi connectivity index (χ1n) is 8.94. The van der Waals surface area contributed by atoms with Gasteiger partial charge >= 0.3 is 17.9 Å². The molecule has 4 unspecified atom stereocenters. The van der Waals surface area contributed by atoms with E-state index in [1.54, 1.807) is 24.3 Å². The van der Waals surface area contributed by atoms with Crippen molar-refractivity contribution >= 4 is 29.4 Å². The number of amides is 1. The highest BCUT2D eigenvalue weighted by molar-refractivity contribution is 6.04. The van der Waals surface area contributed by atoms with E-state index in [-0.39, 0.29) is 5.57 Å². The first-order valence-corrected chi connectivity index (χ1v) is 8.94. The van der Waals surface area contributed by atoms with Crippen molar-refractivity contribution in [1.29, 1.82) is 0 Å². The quantitative estimate of drug-likeness (QED) is 0.429. The summed E-state index contributed by atoms with van der Waals surface area (Å²) >= 11 is 0. The summed E-state index contributed by atoms with van der Waals surface area (Å²) in [4.78, 5) is 47.9. The maximum absolute atomic E-state index is 12.6. The lowest BCUT2D eigenvalue weighted by molar-refractivity contribution is -0.256. The molecule has 9 heteroatoms. The molecule has 1 aromatic carbocycles. The minimum atomic E-state index is -2.40. The van der Waals surface area contributed by atoms with Crippen molar-refractivity contribution in [3.63, 3.8) is 0 Å². The van der Waals surface area contributed by atoms with Crippen LogP contribution in [-0.2, 0) is 28.6 Å². The summed E-state index contributed by atoms with van der Waals surface area (Å²) in [5.74, 6) is -5.18. The van der Waals surface area contributed by atoms with E-state index < -0.39 is 47.9 Å². The second kappa shape index (κ2) is 7.32. The molecule has 9 nitrogen and oxygen atoms in total. The van der Waals surface area contributed by atoms with E-state index in [0.29, 0.717) is 16.7 Å². The Hall–Kier alpha value is -3.20. The van der Waals surface area contributed by atoms with Crippen molar-refractivity contribution in [1.82, 2.24) is 5.32 Å². The third-order valence-corrected chi connectivity index (χ3v) is 4.91. The van der Waals surface area contributed by atoms with E-state index in [0.717, 1.165) is 20.8 Å². The van der Waals surface area contributed by atoms with Crippen LogP contribution in [0.4, 0.5) is 0 Å². The average Bonchev–Trinajstić information content (AvgIpc) is 2.62. The number of ether oxygens (including phenoxy) is 3. The second-order valence-corrected chi connectivity index (χ2v) is 6.93. The Morgan fingerprint density at radius 1 is 1.00 bits per heavy atom. The molecule has 0 spiro atoms. The molecule has 29 heavy (non-hydrogen) atoms. The van der Waals surface area contributed by atoms with Gasteiger partial charge in [-0.2, -0.15) is 0 Å². The fourth-order valence-electron chi connectivity index (χ4n) is 3.86. The normalized spacial score (nSPS) is 27.9. The molecule has 1 aliphatic heterocycles. The van der Waals surface area contributed by atoms with Gasteiger partial charge < -0.3 is 24.6 Å². The van der Waals surface area contributed by atoms with Gasteiger partial charge in [0.2, 0.25) is 6.10 Å². The molecule has 1 amide bonds. The van der Waals surface area contributed by atoms with E-state index in [1.165, 1.54) is 6.92 Å². The third kappa shape index (κ3) is 3.49. The Morgan fingerprint density at radius 3 is 2.14 bits per heavy atom. The van der Waals surface area contributed by atoms with Crippen molar-refractivity contribution in [2.24, 2.45) is 0 Å². The van der Waals surface area contributed by atoms with E-state index in [1.807, 2.05) is 0 Å². The van der Waals surface area contributed by atoms with Gasteiger partial charge in [0, 0.05) is 31.9 Å². The van der Waals surface area contributed by atoms with Crippen LogP contribution in [0.25, 0.3) is 5.57 Å². The largest absolute Gasteiger partial charge is 0.456 e. The molecule has 0 saturated carbocycles. The SMILES string of the molecule is CC(=O)OC1C2NC(=O)c3ccccc3C2=C(C)C(O)(OC(C)=O)C1OC(C)=O. The Labute approximate surface area is 166 Å². The Balaban J connectivity index is 2.30. The van der Waals surface area contributed by atoms with Crippen LogP contribution in [0, 0.1) is 0 Å². The number of carbonyl (C=O) groups is 4. The van der Waals surface area contributed by atoms with E-state index >= 15 is 0 Å². The van der Waals surface area contributed by atoms with Crippen molar-refractivity contribution in [3.8, 4) is 0 Å². The van der Waals surface area contributed by atoms with Gasteiger partial charge in [0.25, 0.3) is 11.7 Å². The summed E-state index contributed by atoms with van der Waals surface area (Å²) in [5, 5.41) is 14.1. The van der Waals surface area contributed by atoms with Crippen LogP contribution in [0.3, 0.4) is 0 Å². The average molecular weight is 403 g/mol. The molecule has 154 valence electrons. The number of rotatable bonds is 3. The fraction of sp³-hybridized carbons (Fsp3) is 0.400. The maximum Gasteiger partial charge on any atom is 0.305 e. The molecule has 0 radical (unpaired) electrons. The smallest absolute Gasteiger partial charge is 0.305 e. The lowest BCUT2D eigenvalue weighted by Gasteiger charge is -2.48. The van der Waals surface area contributed by atoms with Gasteiger partial charge in [-0.25, -0.2) is 0 Å². The van der Waals surface area contributed by atoms with Crippen LogP contribution < -0.4 is 5.32 Å². The van der Waals surface area contributed by atoms with E-state index in [9.17, 15) is 24.3 Å². The molecule has 0 aromatic heterocycles. The zero-order chi connectivity index (χ0) is 21.5. The number of aliphatic hydroxyl groups is 1. The Morgan fingerprint density at radius 2 is 1.59 bits per heavy atom. The fourth-order valence-corrected chi connectivity index (χ4v) is 3.86. The van der Waals surface area contributed by atoms with E-state index in [2.05, 4.69) is 5.32 Å². The van der Waals surface area contributed by atoms with Gasteiger partial charge in [0.05, 0.1) is 6.04 Å². The zero-order valence-corrected chi connectivity index (χ0v) is 16.3.